The van der Waals surface area contributed by atoms with Crippen molar-refractivity contribution < 1.29 is 22.7 Å². The molecule has 0 atom stereocenters. The number of amides is 1. The summed E-state index contributed by atoms with van der Waals surface area (Å²) < 4.78 is 44.1. The second kappa shape index (κ2) is 8.55. The number of imidazole rings is 1. The molecular formula is C16H25F3N4O2. The molecule has 1 aliphatic heterocycles. The van der Waals surface area contributed by atoms with Crippen LogP contribution >= 0.6 is 0 Å². The molecule has 1 aliphatic rings. The number of ether oxygens (including phenoxy) is 1. The van der Waals surface area contributed by atoms with E-state index in [0.29, 0.717) is 45.2 Å². The molecule has 9 heteroatoms. The number of halogens is 3. The monoisotopic (exact) mass is 362 g/mol. The molecule has 1 fully saturated rings. The molecule has 6 nitrogen and oxygen atoms in total. The number of nitrogens with zero attached hydrogens (tertiary/aromatic N) is 4. The highest BCUT2D eigenvalue weighted by Crippen LogP contribution is 2.19. The van der Waals surface area contributed by atoms with Crippen molar-refractivity contribution in [2.24, 2.45) is 5.92 Å². The van der Waals surface area contributed by atoms with Crippen LogP contribution in [-0.4, -0.2) is 64.4 Å². The Morgan fingerprint density at radius 3 is 2.72 bits per heavy atom. The molecule has 1 saturated heterocycles. The van der Waals surface area contributed by atoms with Crippen LogP contribution < -0.4 is 0 Å². The van der Waals surface area contributed by atoms with Crippen molar-refractivity contribution in [2.45, 2.75) is 39.5 Å². The molecule has 142 valence electrons. The summed E-state index contributed by atoms with van der Waals surface area (Å²) >= 11 is 0. The summed E-state index contributed by atoms with van der Waals surface area (Å²) in [5.41, 5.74) is 0. The van der Waals surface area contributed by atoms with Crippen LogP contribution in [0.2, 0.25) is 0 Å². The van der Waals surface area contributed by atoms with Gasteiger partial charge in [-0.2, -0.15) is 13.2 Å². The molecule has 0 spiro atoms. The zero-order chi connectivity index (χ0) is 18.4. The molecule has 0 bridgehead atoms. The van der Waals surface area contributed by atoms with Gasteiger partial charge in [0.1, 0.15) is 12.4 Å². The zero-order valence-electron chi connectivity index (χ0n) is 14.6. The third kappa shape index (κ3) is 6.56. The van der Waals surface area contributed by atoms with Crippen LogP contribution in [0.5, 0.6) is 0 Å². The van der Waals surface area contributed by atoms with E-state index in [9.17, 15) is 18.0 Å². The minimum Gasteiger partial charge on any atom is -0.449 e. The van der Waals surface area contributed by atoms with E-state index in [4.69, 9.17) is 4.74 Å². The van der Waals surface area contributed by atoms with Gasteiger partial charge in [0.15, 0.2) is 0 Å². The van der Waals surface area contributed by atoms with Crippen LogP contribution in [0.15, 0.2) is 12.4 Å². The van der Waals surface area contributed by atoms with Gasteiger partial charge in [-0.15, -0.1) is 0 Å². The zero-order valence-corrected chi connectivity index (χ0v) is 14.6. The maximum atomic E-state index is 12.6. The van der Waals surface area contributed by atoms with Crippen molar-refractivity contribution in [3.8, 4) is 0 Å². The Balaban J connectivity index is 1.87. The predicted molar refractivity (Wildman–Crippen MR) is 85.9 cm³/mol. The summed E-state index contributed by atoms with van der Waals surface area (Å²) in [6, 6.07) is 0. The van der Waals surface area contributed by atoms with Crippen LogP contribution in [0.4, 0.5) is 18.0 Å². The summed E-state index contributed by atoms with van der Waals surface area (Å²) in [5.74, 6) is 0.660. The molecular weight excluding hydrogens is 337 g/mol. The fraction of sp³-hybridized carbons (Fsp3) is 0.750. The molecule has 2 heterocycles. The summed E-state index contributed by atoms with van der Waals surface area (Å²) in [6.45, 7) is 5.99. The minimum absolute atomic E-state index is 0.278. The van der Waals surface area contributed by atoms with Crippen LogP contribution in [0.3, 0.4) is 0 Å². The van der Waals surface area contributed by atoms with Gasteiger partial charge in [-0.1, -0.05) is 13.8 Å². The third-order valence-corrected chi connectivity index (χ3v) is 3.90. The van der Waals surface area contributed by atoms with E-state index in [-0.39, 0.29) is 12.0 Å². The predicted octanol–water partition coefficient (Wildman–Crippen LogP) is 2.75. The van der Waals surface area contributed by atoms with E-state index >= 15 is 0 Å². The van der Waals surface area contributed by atoms with Gasteiger partial charge in [0.2, 0.25) is 0 Å². The summed E-state index contributed by atoms with van der Waals surface area (Å²) in [7, 11) is 0. The Kier molecular flexibility index (Phi) is 6.69. The van der Waals surface area contributed by atoms with Gasteiger partial charge in [-0.25, -0.2) is 9.78 Å². The second-order valence-electron chi connectivity index (χ2n) is 6.67. The van der Waals surface area contributed by atoms with Crippen molar-refractivity contribution in [1.29, 1.82) is 0 Å². The van der Waals surface area contributed by atoms with Crippen LogP contribution in [0.25, 0.3) is 0 Å². The van der Waals surface area contributed by atoms with Gasteiger partial charge >= 0.3 is 12.3 Å². The fourth-order valence-corrected chi connectivity index (χ4v) is 2.67. The van der Waals surface area contributed by atoms with Crippen molar-refractivity contribution in [2.75, 3.05) is 32.8 Å². The van der Waals surface area contributed by atoms with Gasteiger partial charge in [-0.3, -0.25) is 4.90 Å². The van der Waals surface area contributed by atoms with Gasteiger partial charge in [0.05, 0.1) is 13.2 Å². The molecule has 0 N–H and O–H groups in total. The minimum atomic E-state index is -4.27. The first-order chi connectivity index (χ1) is 11.7. The number of carbonyl (C=O) groups excluding carboxylic acids is 1. The quantitative estimate of drug-likeness (QED) is 0.808. The highest BCUT2D eigenvalue weighted by atomic mass is 19.4. The number of alkyl halides is 3. The number of hydrogen-bond acceptors (Lipinski definition) is 4. The van der Waals surface area contributed by atoms with Crippen molar-refractivity contribution >= 4 is 6.09 Å². The fourth-order valence-electron chi connectivity index (χ4n) is 2.67. The molecule has 0 unspecified atom stereocenters. The lowest BCUT2D eigenvalue weighted by Gasteiger charge is -2.22. The average molecular weight is 362 g/mol. The maximum absolute atomic E-state index is 12.6. The lowest BCUT2D eigenvalue weighted by atomic mass is 10.2. The SMILES string of the molecule is CC(C)COC(=O)N1CCCN(Cc2nccn2CC(F)(F)F)CC1. The normalized spacial score (nSPS) is 17.0. The van der Waals surface area contributed by atoms with Gasteiger partial charge in [0, 0.05) is 38.6 Å². The first kappa shape index (κ1) is 19.6. The van der Waals surface area contributed by atoms with Crippen molar-refractivity contribution in [3.05, 3.63) is 18.2 Å². The highest BCUT2D eigenvalue weighted by molar-refractivity contribution is 5.67. The van der Waals surface area contributed by atoms with Crippen LogP contribution in [0.1, 0.15) is 26.1 Å². The molecule has 2 rings (SSSR count). The van der Waals surface area contributed by atoms with E-state index in [0.717, 1.165) is 11.0 Å². The van der Waals surface area contributed by atoms with E-state index in [1.807, 2.05) is 18.7 Å². The lowest BCUT2D eigenvalue weighted by molar-refractivity contribution is -0.141. The summed E-state index contributed by atoms with van der Waals surface area (Å²) in [4.78, 5) is 19.8. The smallest absolute Gasteiger partial charge is 0.409 e. The lowest BCUT2D eigenvalue weighted by Crippen LogP contribution is -2.36. The Hall–Kier alpha value is -1.77. The topological polar surface area (TPSA) is 50.6 Å². The summed E-state index contributed by atoms with van der Waals surface area (Å²) in [6.07, 6.45) is -1.12. The number of aromatic nitrogens is 2. The number of hydrogen-bond donors (Lipinski definition) is 0. The molecule has 0 aliphatic carbocycles. The Morgan fingerprint density at radius 1 is 1.28 bits per heavy atom. The van der Waals surface area contributed by atoms with Gasteiger partial charge in [-0.05, 0) is 12.3 Å². The van der Waals surface area contributed by atoms with E-state index in [1.54, 1.807) is 4.90 Å². The maximum Gasteiger partial charge on any atom is 0.409 e. The largest absolute Gasteiger partial charge is 0.449 e. The van der Waals surface area contributed by atoms with Crippen LogP contribution in [0, 0.1) is 5.92 Å². The summed E-state index contributed by atoms with van der Waals surface area (Å²) in [5, 5.41) is 0. The molecule has 0 radical (unpaired) electrons. The Labute approximate surface area is 145 Å². The van der Waals surface area contributed by atoms with E-state index < -0.39 is 12.7 Å². The van der Waals surface area contributed by atoms with Crippen molar-refractivity contribution in [1.82, 2.24) is 19.4 Å². The second-order valence-corrected chi connectivity index (χ2v) is 6.67. The first-order valence-corrected chi connectivity index (χ1v) is 8.45. The van der Waals surface area contributed by atoms with Crippen molar-refractivity contribution in [3.63, 3.8) is 0 Å². The first-order valence-electron chi connectivity index (χ1n) is 8.45. The molecule has 0 aromatic carbocycles. The van der Waals surface area contributed by atoms with Gasteiger partial charge < -0.3 is 14.2 Å². The standard InChI is InChI=1S/C16H25F3N4O2/c1-13(2)11-25-15(24)22-6-3-5-21(8-9-22)10-14-20-4-7-23(14)12-16(17,18)19/h4,7,13H,3,5-6,8-12H2,1-2H3. The van der Waals surface area contributed by atoms with E-state index in [1.165, 1.54) is 12.4 Å². The Bertz CT molecular complexity index is 560. The number of rotatable bonds is 5. The van der Waals surface area contributed by atoms with Crippen LogP contribution in [-0.2, 0) is 17.8 Å². The molecule has 1 amide bonds. The molecule has 1 aromatic heterocycles. The van der Waals surface area contributed by atoms with E-state index in [2.05, 4.69) is 4.98 Å². The third-order valence-electron chi connectivity index (χ3n) is 3.90. The molecule has 1 aromatic rings. The van der Waals surface area contributed by atoms with Gasteiger partial charge in [0.25, 0.3) is 0 Å². The molecule has 0 saturated carbocycles. The Morgan fingerprint density at radius 2 is 2.04 bits per heavy atom. The molecule has 25 heavy (non-hydrogen) atoms. The highest BCUT2D eigenvalue weighted by Gasteiger charge is 2.29. The average Bonchev–Trinajstić information content (AvgIpc) is 2.79. The number of carbonyl (C=O) groups is 1.